The fourth-order valence-corrected chi connectivity index (χ4v) is 5.48. The zero-order chi connectivity index (χ0) is 26.0. The van der Waals surface area contributed by atoms with E-state index in [1.807, 2.05) is 6.92 Å². The molecule has 1 N–H and O–H groups in total. The molecular formula is C23H29ClN6O5S. The number of nitrogens with one attached hydrogen (secondary N) is 1. The minimum Gasteiger partial charge on any atom is -0.494 e. The Morgan fingerprint density at radius 2 is 1.78 bits per heavy atom. The van der Waals surface area contributed by atoms with Gasteiger partial charge in [0, 0.05) is 24.2 Å². The Morgan fingerprint density at radius 1 is 1.14 bits per heavy atom. The maximum absolute atomic E-state index is 13.5. The number of anilines is 1. The third-order valence-electron chi connectivity index (χ3n) is 6.35. The number of hydrogen-bond acceptors (Lipinski definition) is 9. The first-order chi connectivity index (χ1) is 17.2. The fourth-order valence-electron chi connectivity index (χ4n) is 4.15. The summed E-state index contributed by atoms with van der Waals surface area (Å²) < 4.78 is 48.2. The lowest BCUT2D eigenvalue weighted by atomic mass is 10.1. The normalized spacial score (nSPS) is 19.6. The van der Waals surface area contributed by atoms with Crippen LogP contribution in [0.25, 0.3) is 5.69 Å². The molecule has 4 atom stereocenters. The Hall–Kier alpha value is -2.96. The zero-order valence-electron chi connectivity index (χ0n) is 20.7. The molecule has 2 unspecified atom stereocenters. The summed E-state index contributed by atoms with van der Waals surface area (Å²) >= 11 is 5.88. The molecule has 0 saturated carbocycles. The molecule has 1 fully saturated rings. The molecule has 0 spiro atoms. The van der Waals surface area contributed by atoms with E-state index in [-0.39, 0.29) is 18.0 Å². The van der Waals surface area contributed by atoms with Crippen LogP contribution in [0, 0.1) is 0 Å². The van der Waals surface area contributed by atoms with Crippen molar-refractivity contribution in [3.63, 3.8) is 0 Å². The quantitative estimate of drug-likeness (QED) is 0.436. The van der Waals surface area contributed by atoms with Gasteiger partial charge in [0.25, 0.3) is 0 Å². The van der Waals surface area contributed by atoms with Gasteiger partial charge in [-0.3, -0.25) is 9.29 Å². The van der Waals surface area contributed by atoms with Crippen molar-refractivity contribution in [3.8, 4) is 17.2 Å². The highest BCUT2D eigenvalue weighted by Gasteiger charge is 2.35. The number of aromatic nitrogens is 5. The van der Waals surface area contributed by atoms with Crippen LogP contribution < -0.4 is 14.2 Å². The third kappa shape index (κ3) is 5.11. The van der Waals surface area contributed by atoms with Crippen LogP contribution in [-0.2, 0) is 14.8 Å². The van der Waals surface area contributed by atoms with Crippen molar-refractivity contribution in [2.75, 3.05) is 25.5 Å². The van der Waals surface area contributed by atoms with Gasteiger partial charge in [0.15, 0.2) is 0 Å². The molecule has 3 aromatic rings. The summed E-state index contributed by atoms with van der Waals surface area (Å²) in [6, 6.07) is 5.30. The molecule has 0 amide bonds. The maximum Gasteiger partial charge on any atom is 0.243 e. The van der Waals surface area contributed by atoms with Crippen LogP contribution in [0.3, 0.4) is 0 Å². The van der Waals surface area contributed by atoms with Crippen molar-refractivity contribution in [2.45, 2.75) is 50.4 Å². The maximum atomic E-state index is 13.5. The van der Waals surface area contributed by atoms with Crippen LogP contribution in [0.1, 0.15) is 50.7 Å². The summed E-state index contributed by atoms with van der Waals surface area (Å²) in [5.41, 5.74) is 0.487. The second-order valence-electron chi connectivity index (χ2n) is 8.71. The number of halogens is 1. The SMILES string of the molecule is COc1cccc(OC)c1-n1c(NS(=O)(=O)C(C)C(C)c2ncc(Cl)cn2)nnc1[C@@H]1CO[C@H](C)C1. The standard InChI is InChI=1S/C23H29ClN6O5S/c1-13-9-16(12-35-13)22-27-28-23(30(22)20-18(33-4)7-6-8-19(20)34-5)29-36(31,32)15(3)14(2)21-25-10-17(24)11-26-21/h6-8,10-11,13-16H,9,12H2,1-5H3,(H,28,29)/t13-,14?,15?,16+/m1/s1. The van der Waals surface area contributed by atoms with Crippen LogP contribution in [0.15, 0.2) is 30.6 Å². The van der Waals surface area contributed by atoms with Gasteiger partial charge in [-0.1, -0.05) is 24.6 Å². The van der Waals surface area contributed by atoms with E-state index >= 15 is 0 Å². The highest BCUT2D eigenvalue weighted by atomic mass is 35.5. The van der Waals surface area contributed by atoms with Gasteiger partial charge in [0.05, 0.1) is 37.2 Å². The van der Waals surface area contributed by atoms with E-state index in [9.17, 15) is 8.42 Å². The molecule has 1 saturated heterocycles. The first-order valence-corrected chi connectivity index (χ1v) is 13.4. The molecule has 0 aliphatic carbocycles. The molecule has 13 heteroatoms. The van der Waals surface area contributed by atoms with Crippen molar-refractivity contribution >= 4 is 27.6 Å². The second-order valence-corrected chi connectivity index (χ2v) is 11.2. The van der Waals surface area contributed by atoms with Crippen molar-refractivity contribution in [1.29, 1.82) is 0 Å². The number of hydrogen-bond donors (Lipinski definition) is 1. The van der Waals surface area contributed by atoms with Crippen molar-refractivity contribution in [2.24, 2.45) is 0 Å². The van der Waals surface area contributed by atoms with Crippen molar-refractivity contribution in [3.05, 3.63) is 47.3 Å². The number of ether oxygens (including phenoxy) is 3. The second kappa shape index (κ2) is 10.6. The van der Waals surface area contributed by atoms with E-state index < -0.39 is 21.2 Å². The van der Waals surface area contributed by atoms with Gasteiger partial charge < -0.3 is 14.2 Å². The molecule has 0 radical (unpaired) electrons. The Morgan fingerprint density at radius 3 is 2.33 bits per heavy atom. The Kier molecular flexibility index (Phi) is 7.67. The van der Waals surface area contributed by atoms with Crippen LogP contribution in [0.5, 0.6) is 11.5 Å². The molecule has 194 valence electrons. The molecule has 3 heterocycles. The lowest BCUT2D eigenvalue weighted by Crippen LogP contribution is -2.31. The number of benzene rings is 1. The van der Waals surface area contributed by atoms with Gasteiger partial charge in [-0.05, 0) is 32.4 Å². The average Bonchev–Trinajstić information content (AvgIpc) is 3.48. The highest BCUT2D eigenvalue weighted by Crippen LogP contribution is 2.39. The first-order valence-electron chi connectivity index (χ1n) is 11.4. The monoisotopic (exact) mass is 536 g/mol. The van der Waals surface area contributed by atoms with E-state index in [1.165, 1.54) is 26.6 Å². The largest absolute Gasteiger partial charge is 0.494 e. The molecule has 1 aliphatic rings. The molecule has 1 aliphatic heterocycles. The summed E-state index contributed by atoms with van der Waals surface area (Å²) in [6.45, 7) is 5.74. The molecule has 11 nitrogen and oxygen atoms in total. The van der Waals surface area contributed by atoms with Gasteiger partial charge >= 0.3 is 0 Å². The minimum atomic E-state index is -3.96. The number of rotatable bonds is 9. The number of sulfonamides is 1. The summed E-state index contributed by atoms with van der Waals surface area (Å²) in [7, 11) is -0.900. The first kappa shape index (κ1) is 26.1. The molecule has 0 bridgehead atoms. The van der Waals surface area contributed by atoms with E-state index in [2.05, 4.69) is 24.9 Å². The van der Waals surface area contributed by atoms with E-state index in [4.69, 9.17) is 25.8 Å². The molecule has 2 aromatic heterocycles. The Balaban J connectivity index is 1.77. The van der Waals surface area contributed by atoms with Gasteiger partial charge in [-0.25, -0.2) is 18.4 Å². The van der Waals surface area contributed by atoms with Crippen LogP contribution >= 0.6 is 11.6 Å². The number of nitrogens with zero attached hydrogens (tertiary/aromatic N) is 5. The average molecular weight is 537 g/mol. The topological polar surface area (TPSA) is 130 Å². The van der Waals surface area contributed by atoms with Crippen LogP contribution in [-0.4, -0.2) is 65.3 Å². The summed E-state index contributed by atoms with van der Waals surface area (Å²) in [5.74, 6) is 1.24. The van der Waals surface area contributed by atoms with Crippen LogP contribution in [0.2, 0.25) is 5.02 Å². The van der Waals surface area contributed by atoms with E-state index in [0.29, 0.717) is 46.9 Å². The predicted molar refractivity (Wildman–Crippen MR) is 135 cm³/mol. The Bertz CT molecular complexity index is 1290. The van der Waals surface area contributed by atoms with Gasteiger partial charge in [0.1, 0.15) is 28.8 Å². The third-order valence-corrected chi connectivity index (χ3v) is 8.40. The van der Waals surface area contributed by atoms with E-state index in [1.54, 1.807) is 36.6 Å². The highest BCUT2D eigenvalue weighted by molar-refractivity contribution is 7.93. The molecule has 36 heavy (non-hydrogen) atoms. The molecule has 4 rings (SSSR count). The Labute approximate surface area is 215 Å². The zero-order valence-corrected chi connectivity index (χ0v) is 22.2. The van der Waals surface area contributed by atoms with Gasteiger partial charge in [-0.15, -0.1) is 10.2 Å². The lowest BCUT2D eigenvalue weighted by molar-refractivity contribution is 0.123. The van der Waals surface area contributed by atoms with Crippen molar-refractivity contribution in [1.82, 2.24) is 24.7 Å². The summed E-state index contributed by atoms with van der Waals surface area (Å²) in [4.78, 5) is 8.36. The number of methoxy groups -OCH3 is 2. The summed E-state index contributed by atoms with van der Waals surface area (Å²) in [5, 5.41) is 8.07. The predicted octanol–water partition coefficient (Wildman–Crippen LogP) is 3.55. The summed E-state index contributed by atoms with van der Waals surface area (Å²) in [6.07, 6.45) is 3.63. The van der Waals surface area contributed by atoms with Gasteiger partial charge in [-0.2, -0.15) is 0 Å². The smallest absolute Gasteiger partial charge is 0.243 e. The van der Waals surface area contributed by atoms with Crippen LogP contribution in [0.4, 0.5) is 5.95 Å². The molecular weight excluding hydrogens is 508 g/mol. The minimum absolute atomic E-state index is 0.0171. The van der Waals surface area contributed by atoms with Gasteiger partial charge in [0.2, 0.25) is 16.0 Å². The number of para-hydroxylation sites is 1. The lowest BCUT2D eigenvalue weighted by Gasteiger charge is -2.22. The van der Waals surface area contributed by atoms with Crippen molar-refractivity contribution < 1.29 is 22.6 Å². The molecule has 1 aromatic carbocycles. The van der Waals surface area contributed by atoms with E-state index in [0.717, 1.165) is 0 Å². The fraction of sp³-hybridized carbons (Fsp3) is 0.478.